The summed E-state index contributed by atoms with van der Waals surface area (Å²) in [4.78, 5) is 23.8. The summed E-state index contributed by atoms with van der Waals surface area (Å²) in [7, 11) is 0. The molecule has 1 aliphatic rings. The molecule has 1 aliphatic carbocycles. The number of amides is 1. The third-order valence-corrected chi connectivity index (χ3v) is 3.47. The van der Waals surface area contributed by atoms with Gasteiger partial charge in [0.15, 0.2) is 6.61 Å². The highest BCUT2D eigenvalue weighted by Gasteiger charge is 2.31. The van der Waals surface area contributed by atoms with Crippen LogP contribution in [-0.4, -0.2) is 18.5 Å². The zero-order valence-electron chi connectivity index (χ0n) is 11.0. The third kappa shape index (κ3) is 4.00. The number of thiocyanates is 1. The Hall–Kier alpha value is -2.00. The normalized spacial score (nSPS) is 13.4. The highest BCUT2D eigenvalue weighted by atomic mass is 32.2. The van der Waals surface area contributed by atoms with Gasteiger partial charge in [-0.2, -0.15) is 5.26 Å². The van der Waals surface area contributed by atoms with Crippen molar-refractivity contribution in [1.29, 1.82) is 5.26 Å². The molecule has 1 aromatic carbocycles. The van der Waals surface area contributed by atoms with Crippen molar-refractivity contribution in [3.8, 4) is 5.40 Å². The van der Waals surface area contributed by atoms with Crippen LogP contribution in [0.25, 0.3) is 0 Å². The van der Waals surface area contributed by atoms with E-state index in [1.807, 2.05) is 18.4 Å². The van der Waals surface area contributed by atoms with Crippen LogP contribution in [0.2, 0.25) is 0 Å². The number of hydrogen-bond donors (Lipinski definition) is 1. The first kappa shape index (κ1) is 14.4. The van der Waals surface area contributed by atoms with Crippen LogP contribution in [0.15, 0.2) is 23.1 Å². The second-order valence-electron chi connectivity index (χ2n) is 4.60. The molecule has 0 bridgehead atoms. The molecule has 20 heavy (non-hydrogen) atoms. The summed E-state index contributed by atoms with van der Waals surface area (Å²) in [6.07, 6.45) is 1.72. The monoisotopic (exact) mass is 290 g/mol. The Bertz CT molecular complexity index is 576. The van der Waals surface area contributed by atoms with E-state index in [2.05, 4.69) is 5.32 Å². The molecule has 0 unspecified atom stereocenters. The van der Waals surface area contributed by atoms with Gasteiger partial charge in [-0.15, -0.1) is 0 Å². The summed E-state index contributed by atoms with van der Waals surface area (Å²) in [6.45, 7) is 1.58. The van der Waals surface area contributed by atoms with Crippen molar-refractivity contribution in [2.45, 2.75) is 24.7 Å². The number of rotatable bonds is 5. The van der Waals surface area contributed by atoms with Crippen LogP contribution in [0, 0.1) is 23.5 Å². The van der Waals surface area contributed by atoms with Crippen LogP contribution < -0.4 is 5.32 Å². The topological polar surface area (TPSA) is 79.2 Å². The van der Waals surface area contributed by atoms with Gasteiger partial charge in [0.05, 0.1) is 5.92 Å². The quantitative estimate of drug-likeness (QED) is 0.512. The molecule has 0 aliphatic heterocycles. The number of nitrogens with one attached hydrogen (secondary N) is 1. The largest absolute Gasteiger partial charge is 0.455 e. The van der Waals surface area contributed by atoms with Crippen molar-refractivity contribution in [1.82, 2.24) is 0 Å². The van der Waals surface area contributed by atoms with Gasteiger partial charge < -0.3 is 10.1 Å². The molecule has 104 valence electrons. The minimum Gasteiger partial charge on any atom is -0.455 e. The molecule has 0 atom stereocenters. The molecule has 0 radical (unpaired) electrons. The van der Waals surface area contributed by atoms with Gasteiger partial charge in [-0.3, -0.25) is 9.59 Å². The van der Waals surface area contributed by atoms with Gasteiger partial charge in [-0.1, -0.05) is 0 Å². The van der Waals surface area contributed by atoms with E-state index in [-0.39, 0.29) is 24.4 Å². The van der Waals surface area contributed by atoms with E-state index in [1.54, 1.807) is 12.1 Å². The number of esters is 1. The van der Waals surface area contributed by atoms with Crippen molar-refractivity contribution >= 4 is 29.3 Å². The number of carbonyl (C=O) groups is 2. The predicted molar refractivity (Wildman–Crippen MR) is 75.0 cm³/mol. The first-order chi connectivity index (χ1) is 9.60. The maximum atomic E-state index is 11.7. The summed E-state index contributed by atoms with van der Waals surface area (Å²) in [5, 5.41) is 13.3. The van der Waals surface area contributed by atoms with Crippen molar-refractivity contribution in [3.63, 3.8) is 0 Å². The van der Waals surface area contributed by atoms with Crippen LogP contribution >= 0.6 is 11.8 Å². The molecular weight excluding hydrogens is 276 g/mol. The summed E-state index contributed by atoms with van der Waals surface area (Å²) in [5.74, 6) is -0.660. The SMILES string of the molecule is Cc1cc(SC#N)ccc1NC(=O)COC(=O)C1CC1. The van der Waals surface area contributed by atoms with Crippen molar-refractivity contribution in [3.05, 3.63) is 23.8 Å². The molecule has 1 N–H and O–H groups in total. The number of nitriles is 1. The minimum absolute atomic E-state index is 0.00757. The zero-order valence-corrected chi connectivity index (χ0v) is 11.8. The number of aryl methyl sites for hydroxylation is 1. The third-order valence-electron chi connectivity index (χ3n) is 2.89. The molecule has 0 heterocycles. The lowest BCUT2D eigenvalue weighted by Gasteiger charge is -2.09. The van der Waals surface area contributed by atoms with Crippen LogP contribution in [0.4, 0.5) is 5.69 Å². The Morgan fingerprint density at radius 2 is 2.25 bits per heavy atom. The summed E-state index contributed by atoms with van der Waals surface area (Å²) < 4.78 is 4.90. The van der Waals surface area contributed by atoms with Gasteiger partial charge in [-0.25, -0.2) is 0 Å². The van der Waals surface area contributed by atoms with E-state index in [9.17, 15) is 9.59 Å². The number of anilines is 1. The summed E-state index contributed by atoms with van der Waals surface area (Å²) in [6, 6.07) is 5.31. The average molecular weight is 290 g/mol. The zero-order chi connectivity index (χ0) is 14.5. The van der Waals surface area contributed by atoms with Gasteiger partial charge in [0.1, 0.15) is 5.40 Å². The van der Waals surface area contributed by atoms with Crippen molar-refractivity contribution in [2.75, 3.05) is 11.9 Å². The fourth-order valence-corrected chi connectivity index (χ4v) is 2.13. The van der Waals surface area contributed by atoms with Crippen LogP contribution in [0.3, 0.4) is 0 Å². The second-order valence-corrected chi connectivity index (χ2v) is 5.46. The lowest BCUT2D eigenvalue weighted by Crippen LogP contribution is -2.21. The Morgan fingerprint density at radius 1 is 1.50 bits per heavy atom. The molecule has 1 fully saturated rings. The van der Waals surface area contributed by atoms with Gasteiger partial charge in [0, 0.05) is 10.6 Å². The van der Waals surface area contributed by atoms with E-state index in [4.69, 9.17) is 10.00 Å². The van der Waals surface area contributed by atoms with Crippen molar-refractivity contribution < 1.29 is 14.3 Å². The molecule has 6 heteroatoms. The molecule has 5 nitrogen and oxygen atoms in total. The predicted octanol–water partition coefficient (Wildman–Crippen LogP) is 2.46. The molecular formula is C14H14N2O3S. The molecule has 1 saturated carbocycles. The molecule has 1 aromatic rings. The maximum Gasteiger partial charge on any atom is 0.309 e. The maximum absolute atomic E-state index is 11.7. The van der Waals surface area contributed by atoms with E-state index in [0.29, 0.717) is 5.69 Å². The highest BCUT2D eigenvalue weighted by Crippen LogP contribution is 2.30. The van der Waals surface area contributed by atoms with Gasteiger partial charge in [0.25, 0.3) is 5.91 Å². The Labute approximate surface area is 121 Å². The highest BCUT2D eigenvalue weighted by molar-refractivity contribution is 8.03. The number of hydrogen-bond acceptors (Lipinski definition) is 5. The Morgan fingerprint density at radius 3 is 2.85 bits per heavy atom. The van der Waals surface area contributed by atoms with E-state index < -0.39 is 0 Å². The van der Waals surface area contributed by atoms with Gasteiger partial charge in [-0.05, 0) is 55.3 Å². The number of carbonyl (C=O) groups excluding carboxylic acids is 2. The van der Waals surface area contributed by atoms with Gasteiger partial charge in [0.2, 0.25) is 0 Å². The number of ether oxygens (including phenoxy) is 1. The van der Waals surface area contributed by atoms with Crippen LogP contribution in [0.1, 0.15) is 18.4 Å². The number of thioether (sulfide) groups is 1. The Balaban J connectivity index is 1.87. The number of nitrogens with zero attached hydrogens (tertiary/aromatic N) is 1. The molecule has 0 spiro atoms. The average Bonchev–Trinajstić information content (AvgIpc) is 3.24. The second kappa shape index (κ2) is 6.44. The first-order valence-electron chi connectivity index (χ1n) is 6.23. The van der Waals surface area contributed by atoms with Gasteiger partial charge >= 0.3 is 5.97 Å². The minimum atomic E-state index is -0.359. The summed E-state index contributed by atoms with van der Waals surface area (Å²) >= 11 is 1.06. The van der Waals surface area contributed by atoms with Crippen LogP contribution in [0.5, 0.6) is 0 Å². The van der Waals surface area contributed by atoms with E-state index in [0.717, 1.165) is 35.1 Å². The van der Waals surface area contributed by atoms with Crippen molar-refractivity contribution in [2.24, 2.45) is 5.92 Å². The molecule has 1 amide bonds. The molecule has 2 rings (SSSR count). The number of benzene rings is 1. The smallest absolute Gasteiger partial charge is 0.309 e. The van der Waals surface area contributed by atoms with Crippen LogP contribution in [-0.2, 0) is 14.3 Å². The Kier molecular flexibility index (Phi) is 4.64. The standard InChI is InChI=1S/C14H14N2O3S/c1-9-6-11(20-8-15)4-5-12(9)16-13(17)7-19-14(18)10-2-3-10/h4-6,10H,2-3,7H2,1H3,(H,16,17). The first-order valence-corrected chi connectivity index (χ1v) is 7.05. The lowest BCUT2D eigenvalue weighted by atomic mass is 10.2. The fourth-order valence-electron chi connectivity index (χ4n) is 1.65. The fraction of sp³-hybridized carbons (Fsp3) is 0.357. The van der Waals surface area contributed by atoms with E-state index in [1.165, 1.54) is 0 Å². The molecule has 0 saturated heterocycles. The molecule has 0 aromatic heterocycles. The van der Waals surface area contributed by atoms with E-state index >= 15 is 0 Å². The summed E-state index contributed by atoms with van der Waals surface area (Å²) in [5.41, 5.74) is 1.51. The lowest BCUT2D eigenvalue weighted by molar-refractivity contribution is -0.148.